The minimum atomic E-state index is -0.389. The predicted molar refractivity (Wildman–Crippen MR) is 80.0 cm³/mol. The number of rotatable bonds is 5. The van der Waals surface area contributed by atoms with Crippen LogP contribution in [0.25, 0.3) is 0 Å². The van der Waals surface area contributed by atoms with E-state index in [0.717, 1.165) is 25.8 Å². The Morgan fingerprint density at radius 2 is 2.10 bits per heavy atom. The Labute approximate surface area is 122 Å². The molecule has 0 aliphatic carbocycles. The first-order valence-corrected chi connectivity index (χ1v) is 7.61. The van der Waals surface area contributed by atoms with Gasteiger partial charge in [0.25, 0.3) is 0 Å². The molecule has 0 bridgehead atoms. The highest BCUT2D eigenvalue weighted by Gasteiger charge is 2.31. The molecule has 0 saturated carbocycles. The van der Waals surface area contributed by atoms with Crippen molar-refractivity contribution in [3.63, 3.8) is 0 Å². The molecule has 20 heavy (non-hydrogen) atoms. The number of hydrogen-bond acceptors (Lipinski definition) is 3. The van der Waals surface area contributed by atoms with E-state index >= 15 is 0 Å². The lowest BCUT2D eigenvalue weighted by atomic mass is 9.94. The summed E-state index contributed by atoms with van der Waals surface area (Å²) in [6, 6.07) is 0. The molecule has 1 fully saturated rings. The van der Waals surface area contributed by atoms with Crippen LogP contribution >= 0.6 is 0 Å². The number of nitrogens with two attached hydrogens (primary N) is 1. The summed E-state index contributed by atoms with van der Waals surface area (Å²) in [4.78, 5) is 26.3. The Morgan fingerprint density at radius 3 is 2.65 bits per heavy atom. The summed E-state index contributed by atoms with van der Waals surface area (Å²) in [7, 11) is 0. The van der Waals surface area contributed by atoms with Crippen LogP contribution in [0.3, 0.4) is 0 Å². The van der Waals surface area contributed by atoms with E-state index in [1.165, 1.54) is 0 Å². The topological polar surface area (TPSA) is 75.4 Å². The Bertz CT molecular complexity index is 355. The van der Waals surface area contributed by atoms with Crippen molar-refractivity contribution in [2.75, 3.05) is 19.6 Å². The monoisotopic (exact) mass is 283 g/mol. The van der Waals surface area contributed by atoms with Crippen LogP contribution in [0.2, 0.25) is 0 Å². The molecule has 1 saturated heterocycles. The summed E-state index contributed by atoms with van der Waals surface area (Å²) in [5, 5.41) is 2.98. The van der Waals surface area contributed by atoms with Gasteiger partial charge >= 0.3 is 0 Å². The second kappa shape index (κ2) is 7.07. The van der Waals surface area contributed by atoms with E-state index in [0.29, 0.717) is 13.1 Å². The smallest absolute Gasteiger partial charge is 0.225 e. The Morgan fingerprint density at radius 1 is 1.45 bits per heavy atom. The van der Waals surface area contributed by atoms with Crippen molar-refractivity contribution in [2.45, 2.75) is 52.5 Å². The highest BCUT2D eigenvalue weighted by Crippen LogP contribution is 2.20. The molecule has 5 heteroatoms. The van der Waals surface area contributed by atoms with Crippen LogP contribution in [-0.2, 0) is 9.59 Å². The molecule has 2 atom stereocenters. The van der Waals surface area contributed by atoms with Gasteiger partial charge in [-0.2, -0.15) is 0 Å². The van der Waals surface area contributed by atoms with Crippen molar-refractivity contribution in [1.82, 2.24) is 10.2 Å². The van der Waals surface area contributed by atoms with Gasteiger partial charge in [-0.1, -0.05) is 13.8 Å². The lowest BCUT2D eigenvalue weighted by Gasteiger charge is -2.35. The van der Waals surface area contributed by atoms with Crippen molar-refractivity contribution in [3.05, 3.63) is 0 Å². The van der Waals surface area contributed by atoms with Gasteiger partial charge in [-0.15, -0.1) is 0 Å². The van der Waals surface area contributed by atoms with Gasteiger partial charge in [-0.25, -0.2) is 0 Å². The van der Waals surface area contributed by atoms with Gasteiger partial charge < -0.3 is 16.0 Å². The lowest BCUT2D eigenvalue weighted by Crippen LogP contribution is -2.54. The molecule has 116 valence electrons. The molecule has 0 aromatic carbocycles. The normalized spacial score (nSPS) is 21.4. The fraction of sp³-hybridized carbons (Fsp3) is 0.867. The summed E-state index contributed by atoms with van der Waals surface area (Å²) in [5.74, 6) is 0.116. The van der Waals surface area contributed by atoms with Gasteiger partial charge in [0.2, 0.25) is 11.8 Å². The molecule has 0 spiro atoms. The van der Waals surface area contributed by atoms with Crippen LogP contribution in [0.15, 0.2) is 0 Å². The molecule has 1 aliphatic heterocycles. The number of carbonyl (C=O) groups is 2. The first-order valence-electron chi connectivity index (χ1n) is 7.61. The fourth-order valence-corrected chi connectivity index (χ4v) is 2.36. The van der Waals surface area contributed by atoms with Gasteiger partial charge in [-0.05, 0) is 33.1 Å². The van der Waals surface area contributed by atoms with Crippen molar-refractivity contribution in [2.24, 2.45) is 17.6 Å². The molecule has 1 rings (SSSR count). The number of nitrogens with zero attached hydrogens (tertiary/aromatic N) is 1. The van der Waals surface area contributed by atoms with Crippen LogP contribution in [0.1, 0.15) is 47.0 Å². The van der Waals surface area contributed by atoms with E-state index < -0.39 is 0 Å². The standard InChI is InChI=1S/C15H29N3O2/c1-5-11(2)14(20)18-8-6-7-12(9-18)13(19)17-15(3,4)10-16/h11-12H,5-10,16H2,1-4H3,(H,17,19). The summed E-state index contributed by atoms with van der Waals surface area (Å²) in [6.45, 7) is 9.50. The van der Waals surface area contributed by atoms with E-state index in [2.05, 4.69) is 5.32 Å². The van der Waals surface area contributed by atoms with Crippen molar-refractivity contribution in [3.8, 4) is 0 Å². The minimum Gasteiger partial charge on any atom is -0.350 e. The number of carbonyl (C=O) groups excluding carboxylic acids is 2. The molecule has 5 nitrogen and oxygen atoms in total. The predicted octanol–water partition coefficient (Wildman–Crippen LogP) is 1.12. The summed E-state index contributed by atoms with van der Waals surface area (Å²) in [6.07, 6.45) is 2.58. The highest BCUT2D eigenvalue weighted by molar-refractivity contribution is 5.82. The molecule has 1 heterocycles. The number of amides is 2. The lowest BCUT2D eigenvalue weighted by molar-refractivity contribution is -0.139. The third-order valence-electron chi connectivity index (χ3n) is 4.11. The van der Waals surface area contributed by atoms with Crippen LogP contribution < -0.4 is 11.1 Å². The molecule has 0 aromatic heterocycles. The van der Waals surface area contributed by atoms with Gasteiger partial charge in [0.1, 0.15) is 0 Å². The Balaban J connectivity index is 2.60. The number of hydrogen-bond donors (Lipinski definition) is 2. The Hall–Kier alpha value is -1.10. The van der Waals surface area contributed by atoms with E-state index in [9.17, 15) is 9.59 Å². The summed E-state index contributed by atoms with van der Waals surface area (Å²) < 4.78 is 0. The van der Waals surface area contributed by atoms with Crippen LogP contribution in [0.4, 0.5) is 0 Å². The van der Waals surface area contributed by atoms with Crippen LogP contribution in [0, 0.1) is 11.8 Å². The minimum absolute atomic E-state index is 0.0158. The van der Waals surface area contributed by atoms with Crippen LogP contribution in [-0.4, -0.2) is 41.9 Å². The molecule has 2 amide bonds. The van der Waals surface area contributed by atoms with Gasteiger partial charge in [0, 0.05) is 31.1 Å². The number of piperidine rings is 1. The first-order chi connectivity index (χ1) is 9.30. The Kier molecular flexibility index (Phi) is 5.99. The molecule has 2 unspecified atom stereocenters. The molecular formula is C15H29N3O2. The maximum atomic E-state index is 12.3. The number of likely N-dealkylation sites (tertiary alicyclic amines) is 1. The van der Waals surface area contributed by atoms with E-state index in [-0.39, 0.29) is 29.2 Å². The SMILES string of the molecule is CCC(C)C(=O)N1CCCC(C(=O)NC(C)(C)CN)C1. The quantitative estimate of drug-likeness (QED) is 0.794. The second-order valence-electron chi connectivity index (χ2n) is 6.51. The summed E-state index contributed by atoms with van der Waals surface area (Å²) in [5.41, 5.74) is 5.25. The average molecular weight is 283 g/mol. The first kappa shape index (κ1) is 17.0. The third kappa shape index (κ3) is 4.47. The molecule has 1 aliphatic rings. The molecule has 0 aromatic rings. The maximum Gasteiger partial charge on any atom is 0.225 e. The zero-order valence-electron chi connectivity index (χ0n) is 13.2. The van der Waals surface area contributed by atoms with Crippen molar-refractivity contribution >= 4 is 11.8 Å². The van der Waals surface area contributed by atoms with Crippen LogP contribution in [0.5, 0.6) is 0 Å². The van der Waals surface area contributed by atoms with E-state index in [1.54, 1.807) is 0 Å². The fourth-order valence-electron chi connectivity index (χ4n) is 2.36. The van der Waals surface area contributed by atoms with Crippen molar-refractivity contribution in [1.29, 1.82) is 0 Å². The largest absolute Gasteiger partial charge is 0.350 e. The van der Waals surface area contributed by atoms with Crippen molar-refractivity contribution < 1.29 is 9.59 Å². The zero-order chi connectivity index (χ0) is 15.3. The highest BCUT2D eigenvalue weighted by atomic mass is 16.2. The van der Waals surface area contributed by atoms with Gasteiger partial charge in [0.05, 0.1) is 5.92 Å². The third-order valence-corrected chi connectivity index (χ3v) is 4.11. The number of nitrogens with one attached hydrogen (secondary N) is 1. The molecule has 0 radical (unpaired) electrons. The zero-order valence-corrected chi connectivity index (χ0v) is 13.2. The van der Waals surface area contributed by atoms with Gasteiger partial charge in [-0.3, -0.25) is 9.59 Å². The van der Waals surface area contributed by atoms with E-state index in [1.807, 2.05) is 32.6 Å². The second-order valence-corrected chi connectivity index (χ2v) is 6.51. The molecular weight excluding hydrogens is 254 g/mol. The van der Waals surface area contributed by atoms with E-state index in [4.69, 9.17) is 5.73 Å². The van der Waals surface area contributed by atoms with Gasteiger partial charge in [0.15, 0.2) is 0 Å². The average Bonchev–Trinajstić information content (AvgIpc) is 2.45. The maximum absolute atomic E-state index is 12.3. The molecule has 3 N–H and O–H groups in total. The summed E-state index contributed by atoms with van der Waals surface area (Å²) >= 11 is 0.